The molecule has 1 atom stereocenters. The van der Waals surface area contributed by atoms with Gasteiger partial charge in [-0.1, -0.05) is 0 Å². The molecule has 0 bridgehead atoms. The van der Waals surface area contributed by atoms with E-state index in [1.165, 1.54) is 44.9 Å². The molecule has 4 aliphatic rings. The summed E-state index contributed by atoms with van der Waals surface area (Å²) >= 11 is 0. The van der Waals surface area contributed by atoms with Crippen LogP contribution >= 0.6 is 0 Å². The van der Waals surface area contributed by atoms with Gasteiger partial charge in [0.05, 0.1) is 25.4 Å². The van der Waals surface area contributed by atoms with E-state index in [4.69, 9.17) is 9.47 Å². The number of hydrogen-bond donors (Lipinski definition) is 4. The average molecular weight is 439 g/mol. The van der Waals surface area contributed by atoms with Gasteiger partial charge in [0, 0.05) is 38.8 Å². The number of rotatable bonds is 9. The van der Waals surface area contributed by atoms with Crippen LogP contribution in [0.3, 0.4) is 0 Å². The van der Waals surface area contributed by atoms with Gasteiger partial charge in [0.25, 0.3) is 0 Å². The Hall–Kier alpha value is -0.280. The number of aliphatic hydroxyl groups excluding tert-OH is 1. The zero-order chi connectivity index (χ0) is 21.5. The Morgan fingerprint density at radius 2 is 1.61 bits per heavy atom. The summed E-state index contributed by atoms with van der Waals surface area (Å²) in [6, 6.07) is 0.940. The van der Waals surface area contributed by atoms with Crippen LogP contribution in [0.4, 0.5) is 0 Å². The number of ether oxygens (including phenoxy) is 2. The molecular formula is C24H46N4O3. The van der Waals surface area contributed by atoms with Crippen LogP contribution in [0.2, 0.25) is 0 Å². The highest BCUT2D eigenvalue weighted by Crippen LogP contribution is 2.32. The number of methoxy groups -OCH3 is 1. The molecule has 4 fully saturated rings. The van der Waals surface area contributed by atoms with Gasteiger partial charge in [-0.3, -0.25) is 20.9 Å². The average Bonchev–Trinajstić information content (AvgIpc) is 3.28. The first-order valence-electron chi connectivity index (χ1n) is 13.0. The number of aliphatic hydroxyl groups is 1. The molecule has 0 unspecified atom stereocenters. The third-order valence-electron chi connectivity index (χ3n) is 8.41. The number of hydrogen-bond acceptors (Lipinski definition) is 7. The summed E-state index contributed by atoms with van der Waals surface area (Å²) in [6.45, 7) is 5.41. The molecule has 2 aliphatic carbocycles. The molecule has 2 saturated heterocycles. The molecule has 180 valence electrons. The molecule has 0 amide bonds. The van der Waals surface area contributed by atoms with Crippen LogP contribution in [0.15, 0.2) is 0 Å². The van der Waals surface area contributed by atoms with Crippen molar-refractivity contribution in [2.75, 3.05) is 46.5 Å². The van der Waals surface area contributed by atoms with Crippen molar-refractivity contribution in [3.8, 4) is 0 Å². The van der Waals surface area contributed by atoms with Gasteiger partial charge in [0.2, 0.25) is 0 Å². The molecule has 4 rings (SSSR count). The summed E-state index contributed by atoms with van der Waals surface area (Å²) < 4.78 is 11.7. The van der Waals surface area contributed by atoms with Crippen LogP contribution in [0, 0.1) is 11.8 Å². The van der Waals surface area contributed by atoms with Crippen molar-refractivity contribution in [1.82, 2.24) is 20.9 Å². The molecule has 31 heavy (non-hydrogen) atoms. The van der Waals surface area contributed by atoms with E-state index in [1.54, 1.807) is 0 Å². The lowest BCUT2D eigenvalue weighted by Crippen LogP contribution is -2.63. The normalized spacial score (nSPS) is 40.3. The Bertz CT molecular complexity index is 501. The Kier molecular flexibility index (Phi) is 9.44. The molecule has 4 N–H and O–H groups in total. The van der Waals surface area contributed by atoms with Crippen LogP contribution in [0.1, 0.15) is 64.2 Å². The first-order valence-corrected chi connectivity index (χ1v) is 13.0. The highest BCUT2D eigenvalue weighted by molar-refractivity contribution is 4.87. The fourth-order valence-electron chi connectivity index (χ4n) is 6.29. The van der Waals surface area contributed by atoms with Gasteiger partial charge in [0.15, 0.2) is 0 Å². The minimum atomic E-state index is 0.250. The summed E-state index contributed by atoms with van der Waals surface area (Å²) in [7, 11) is 1.85. The van der Waals surface area contributed by atoms with Crippen molar-refractivity contribution in [2.24, 2.45) is 11.8 Å². The van der Waals surface area contributed by atoms with Gasteiger partial charge < -0.3 is 14.6 Å². The van der Waals surface area contributed by atoms with E-state index in [9.17, 15) is 5.11 Å². The van der Waals surface area contributed by atoms with Crippen LogP contribution in [-0.2, 0) is 9.47 Å². The smallest absolute Gasteiger partial charge is 0.112 e. The molecule has 7 nitrogen and oxygen atoms in total. The molecule has 0 spiro atoms. The van der Waals surface area contributed by atoms with Gasteiger partial charge in [-0.05, 0) is 82.6 Å². The Balaban J connectivity index is 1.06. The predicted molar refractivity (Wildman–Crippen MR) is 123 cm³/mol. The summed E-state index contributed by atoms with van der Waals surface area (Å²) in [5.74, 6) is 1.59. The molecule has 2 saturated carbocycles. The fraction of sp³-hybridized carbons (Fsp3) is 1.00. The monoisotopic (exact) mass is 438 g/mol. The lowest BCUT2D eigenvalue weighted by molar-refractivity contribution is 0.00476. The van der Waals surface area contributed by atoms with Crippen molar-refractivity contribution >= 4 is 0 Å². The first kappa shape index (κ1) is 23.9. The maximum Gasteiger partial charge on any atom is 0.112 e. The molecule has 7 heteroatoms. The van der Waals surface area contributed by atoms with Crippen molar-refractivity contribution < 1.29 is 14.6 Å². The maximum absolute atomic E-state index is 9.44. The van der Waals surface area contributed by atoms with Gasteiger partial charge in [-0.15, -0.1) is 0 Å². The molecule has 2 aliphatic heterocycles. The Labute approximate surface area is 189 Å². The van der Waals surface area contributed by atoms with E-state index in [1.807, 2.05) is 7.11 Å². The van der Waals surface area contributed by atoms with Crippen molar-refractivity contribution in [3.05, 3.63) is 0 Å². The van der Waals surface area contributed by atoms with E-state index in [2.05, 4.69) is 20.9 Å². The standard InChI is InChI=1S/C24H46N4O3/c1-30-22-8-4-18(5-9-22)19-15-25-24(26-16-19)27-20-6-10-23(11-7-20)31-14-13-28-12-2-3-21(28)17-29/h18-27,29H,2-17H2,1H3/t18?,19?,20?,21-,22?,23?,24?/m0/s1. The highest BCUT2D eigenvalue weighted by atomic mass is 16.5. The lowest BCUT2D eigenvalue weighted by Gasteiger charge is -2.40. The third-order valence-corrected chi connectivity index (χ3v) is 8.41. The summed E-state index contributed by atoms with van der Waals surface area (Å²) in [6.07, 6.45) is 13.3. The lowest BCUT2D eigenvalue weighted by atomic mass is 9.78. The van der Waals surface area contributed by atoms with Crippen LogP contribution in [0.25, 0.3) is 0 Å². The zero-order valence-corrected chi connectivity index (χ0v) is 19.6. The SMILES string of the molecule is COC1CCC(C2CNC(NC3CCC(OCCN4CCC[C@H]4CO)CC3)NC2)CC1. The second-order valence-corrected chi connectivity index (χ2v) is 10.3. The first-order chi connectivity index (χ1) is 15.2. The Morgan fingerprint density at radius 3 is 2.29 bits per heavy atom. The van der Waals surface area contributed by atoms with Crippen molar-refractivity contribution in [1.29, 1.82) is 0 Å². The summed E-state index contributed by atoms with van der Waals surface area (Å²) in [5.41, 5.74) is 0. The number of likely N-dealkylation sites (tertiary alicyclic amines) is 1. The predicted octanol–water partition coefficient (Wildman–Crippen LogP) is 1.66. The number of nitrogens with zero attached hydrogens (tertiary/aromatic N) is 1. The number of nitrogens with one attached hydrogen (secondary N) is 3. The van der Waals surface area contributed by atoms with Gasteiger partial charge >= 0.3 is 0 Å². The van der Waals surface area contributed by atoms with Crippen LogP contribution < -0.4 is 16.0 Å². The molecular weight excluding hydrogens is 392 g/mol. The van der Waals surface area contributed by atoms with E-state index in [0.717, 1.165) is 63.9 Å². The maximum atomic E-state index is 9.44. The van der Waals surface area contributed by atoms with E-state index in [-0.39, 0.29) is 12.9 Å². The van der Waals surface area contributed by atoms with E-state index < -0.39 is 0 Å². The molecule has 0 radical (unpaired) electrons. The fourth-order valence-corrected chi connectivity index (χ4v) is 6.29. The second kappa shape index (κ2) is 12.3. The zero-order valence-electron chi connectivity index (χ0n) is 19.6. The summed E-state index contributed by atoms with van der Waals surface area (Å²) in [5, 5.41) is 20.7. The van der Waals surface area contributed by atoms with Gasteiger partial charge in [-0.25, -0.2) is 0 Å². The van der Waals surface area contributed by atoms with E-state index in [0.29, 0.717) is 24.3 Å². The molecule has 2 heterocycles. The van der Waals surface area contributed by atoms with Gasteiger partial charge in [-0.2, -0.15) is 0 Å². The van der Waals surface area contributed by atoms with Gasteiger partial charge in [0.1, 0.15) is 6.29 Å². The van der Waals surface area contributed by atoms with Crippen LogP contribution in [-0.4, -0.2) is 87.1 Å². The minimum Gasteiger partial charge on any atom is -0.395 e. The van der Waals surface area contributed by atoms with Crippen LogP contribution in [0.5, 0.6) is 0 Å². The van der Waals surface area contributed by atoms with Crippen molar-refractivity contribution in [2.45, 2.75) is 94.8 Å². The second-order valence-electron chi connectivity index (χ2n) is 10.3. The quantitative estimate of drug-likeness (QED) is 0.436. The Morgan fingerprint density at radius 1 is 0.903 bits per heavy atom. The largest absolute Gasteiger partial charge is 0.395 e. The van der Waals surface area contributed by atoms with E-state index >= 15 is 0 Å². The highest BCUT2D eigenvalue weighted by Gasteiger charge is 2.32. The summed E-state index contributed by atoms with van der Waals surface area (Å²) in [4.78, 5) is 2.39. The topological polar surface area (TPSA) is 78.0 Å². The minimum absolute atomic E-state index is 0.250. The molecule has 0 aromatic heterocycles. The third kappa shape index (κ3) is 6.85. The molecule has 0 aromatic rings. The van der Waals surface area contributed by atoms with Crippen molar-refractivity contribution in [3.63, 3.8) is 0 Å². The molecule has 0 aromatic carbocycles.